The quantitative estimate of drug-likeness (QED) is 0.788. The van der Waals surface area contributed by atoms with Gasteiger partial charge < -0.3 is 14.5 Å². The van der Waals surface area contributed by atoms with Crippen LogP contribution >= 0.6 is 0 Å². The minimum absolute atomic E-state index is 0.0811. The summed E-state index contributed by atoms with van der Waals surface area (Å²) in [5.41, 5.74) is 3.54. The number of H-pyrrole nitrogens is 1. The summed E-state index contributed by atoms with van der Waals surface area (Å²) in [6.45, 7) is 5.42. The van der Waals surface area contributed by atoms with Crippen LogP contribution in [0.25, 0.3) is 11.0 Å². The first-order chi connectivity index (χ1) is 11.5. The van der Waals surface area contributed by atoms with Crippen LogP contribution in [0.2, 0.25) is 0 Å². The fourth-order valence-electron chi connectivity index (χ4n) is 3.62. The van der Waals surface area contributed by atoms with Crippen LogP contribution in [0.5, 0.6) is 0 Å². The molecule has 0 saturated carbocycles. The molecule has 0 aliphatic carbocycles. The lowest BCUT2D eigenvalue weighted by molar-refractivity contribution is 0.0790. The Morgan fingerprint density at radius 1 is 1.29 bits per heavy atom. The Balaban J connectivity index is 1.55. The van der Waals surface area contributed by atoms with Gasteiger partial charge in [0.2, 0.25) is 0 Å². The number of aromatic nitrogens is 4. The minimum Gasteiger partial charge on any atom is -0.342 e. The summed E-state index contributed by atoms with van der Waals surface area (Å²) in [4.78, 5) is 26.9. The van der Waals surface area contributed by atoms with Crippen LogP contribution in [-0.4, -0.2) is 43.4 Å². The maximum atomic E-state index is 12.8. The second-order valence-electron chi connectivity index (χ2n) is 6.64. The first-order valence-corrected chi connectivity index (χ1v) is 8.27. The third-order valence-corrected chi connectivity index (χ3v) is 4.72. The van der Waals surface area contributed by atoms with E-state index in [1.807, 2.05) is 50.2 Å². The molecule has 1 N–H and O–H groups in total. The molecule has 6 heteroatoms. The van der Waals surface area contributed by atoms with E-state index < -0.39 is 0 Å². The van der Waals surface area contributed by atoms with Gasteiger partial charge in [0.05, 0.1) is 16.7 Å². The second-order valence-corrected chi connectivity index (χ2v) is 6.64. The van der Waals surface area contributed by atoms with E-state index in [0.29, 0.717) is 11.5 Å². The third-order valence-electron chi connectivity index (χ3n) is 4.72. The van der Waals surface area contributed by atoms with Gasteiger partial charge in [-0.05, 0) is 38.5 Å². The van der Waals surface area contributed by atoms with Crippen molar-refractivity contribution in [3.05, 3.63) is 47.3 Å². The molecular formula is C18H21N5O. The van der Waals surface area contributed by atoms with Gasteiger partial charge in [0.1, 0.15) is 11.6 Å². The number of nitrogens with zero attached hydrogens (tertiary/aromatic N) is 4. The van der Waals surface area contributed by atoms with Crippen molar-refractivity contribution in [3.8, 4) is 0 Å². The molecule has 1 aliphatic heterocycles. The number of amides is 1. The van der Waals surface area contributed by atoms with E-state index in [0.717, 1.165) is 47.9 Å². The number of aromatic amines is 1. The summed E-state index contributed by atoms with van der Waals surface area (Å²) in [6.07, 6.45) is 3.00. The van der Waals surface area contributed by atoms with Crippen LogP contribution in [0.1, 0.15) is 40.0 Å². The Morgan fingerprint density at radius 3 is 2.88 bits per heavy atom. The number of carbonyl (C=O) groups is 1. The zero-order valence-electron chi connectivity index (χ0n) is 14.2. The normalized spacial score (nSPS) is 17.8. The third kappa shape index (κ3) is 2.48. The average molecular weight is 323 g/mol. The second kappa shape index (κ2) is 5.47. The smallest absolute Gasteiger partial charge is 0.253 e. The molecule has 1 fully saturated rings. The molecule has 1 aromatic carbocycles. The van der Waals surface area contributed by atoms with Crippen LogP contribution in [-0.2, 0) is 7.05 Å². The molecule has 3 heterocycles. The van der Waals surface area contributed by atoms with Crippen molar-refractivity contribution in [2.45, 2.75) is 26.2 Å². The van der Waals surface area contributed by atoms with Gasteiger partial charge in [0.15, 0.2) is 0 Å². The summed E-state index contributed by atoms with van der Waals surface area (Å²) in [5, 5.41) is 0. The van der Waals surface area contributed by atoms with Crippen molar-refractivity contribution < 1.29 is 4.79 Å². The van der Waals surface area contributed by atoms with E-state index in [4.69, 9.17) is 0 Å². The number of carbonyl (C=O) groups excluding carboxylic acids is 1. The highest BCUT2D eigenvalue weighted by Gasteiger charge is 2.30. The standard InChI is InChI=1S/C18H21N5O/c1-11-9-22(3)17(19-11)14-6-7-23(10-14)18(24)13-4-5-15-16(8-13)21-12(2)20-15/h4-5,8-9,14H,6-7,10H2,1-3H3,(H,20,21)/t14-/m1/s1. The Labute approximate surface area is 140 Å². The van der Waals surface area contributed by atoms with Crippen molar-refractivity contribution in [1.82, 2.24) is 24.4 Å². The molecule has 2 aromatic heterocycles. The lowest BCUT2D eigenvalue weighted by Gasteiger charge is -2.16. The van der Waals surface area contributed by atoms with Crippen molar-refractivity contribution in [2.24, 2.45) is 7.05 Å². The van der Waals surface area contributed by atoms with E-state index in [-0.39, 0.29) is 5.91 Å². The minimum atomic E-state index is 0.0811. The molecule has 124 valence electrons. The molecule has 4 rings (SSSR count). The maximum Gasteiger partial charge on any atom is 0.253 e. The first kappa shape index (κ1) is 14.9. The van der Waals surface area contributed by atoms with Gasteiger partial charge in [0, 0.05) is 37.8 Å². The molecule has 1 atom stereocenters. The summed E-state index contributed by atoms with van der Waals surface area (Å²) >= 11 is 0. The highest BCUT2D eigenvalue weighted by molar-refractivity contribution is 5.97. The van der Waals surface area contributed by atoms with Gasteiger partial charge in [-0.3, -0.25) is 4.79 Å². The number of imidazole rings is 2. The predicted octanol–water partition coefficient (Wildman–Crippen LogP) is 2.54. The van der Waals surface area contributed by atoms with Crippen LogP contribution in [0.4, 0.5) is 0 Å². The van der Waals surface area contributed by atoms with E-state index in [9.17, 15) is 4.79 Å². The average Bonchev–Trinajstić information content (AvgIpc) is 3.23. The van der Waals surface area contributed by atoms with Crippen molar-refractivity contribution in [3.63, 3.8) is 0 Å². The summed E-state index contributed by atoms with van der Waals surface area (Å²) in [6, 6.07) is 5.67. The van der Waals surface area contributed by atoms with Crippen LogP contribution in [0, 0.1) is 13.8 Å². The SMILES string of the molecule is Cc1cn(C)c([C@@H]2CCN(C(=O)c3ccc4nc(C)[nH]c4c3)C2)n1. The van der Waals surface area contributed by atoms with Crippen molar-refractivity contribution >= 4 is 16.9 Å². The molecule has 0 bridgehead atoms. The lowest BCUT2D eigenvalue weighted by Crippen LogP contribution is -2.28. The monoisotopic (exact) mass is 323 g/mol. The summed E-state index contributed by atoms with van der Waals surface area (Å²) < 4.78 is 2.08. The van der Waals surface area contributed by atoms with Crippen LogP contribution in [0.15, 0.2) is 24.4 Å². The van der Waals surface area contributed by atoms with Gasteiger partial charge in [0.25, 0.3) is 5.91 Å². The van der Waals surface area contributed by atoms with E-state index in [1.165, 1.54) is 0 Å². The Hall–Kier alpha value is -2.63. The highest BCUT2D eigenvalue weighted by atomic mass is 16.2. The van der Waals surface area contributed by atoms with Gasteiger partial charge in [-0.15, -0.1) is 0 Å². The fraction of sp³-hybridized carbons (Fsp3) is 0.389. The fourth-order valence-corrected chi connectivity index (χ4v) is 3.62. The van der Waals surface area contributed by atoms with Crippen LogP contribution < -0.4 is 0 Å². The maximum absolute atomic E-state index is 12.8. The largest absolute Gasteiger partial charge is 0.342 e. The van der Waals surface area contributed by atoms with Crippen LogP contribution in [0.3, 0.4) is 0 Å². The van der Waals surface area contributed by atoms with E-state index >= 15 is 0 Å². The number of hydrogen-bond acceptors (Lipinski definition) is 3. The predicted molar refractivity (Wildman–Crippen MR) is 92.0 cm³/mol. The molecule has 1 saturated heterocycles. The zero-order chi connectivity index (χ0) is 16.8. The van der Waals surface area contributed by atoms with Gasteiger partial charge in [-0.25, -0.2) is 9.97 Å². The molecule has 0 unspecified atom stereocenters. The zero-order valence-corrected chi connectivity index (χ0v) is 14.2. The molecule has 0 spiro atoms. The Morgan fingerprint density at radius 2 is 2.12 bits per heavy atom. The number of rotatable bonds is 2. The molecule has 1 amide bonds. The number of likely N-dealkylation sites (tertiary alicyclic amines) is 1. The molecule has 6 nitrogen and oxygen atoms in total. The van der Waals surface area contributed by atoms with E-state index in [2.05, 4.69) is 19.5 Å². The molecule has 3 aromatic rings. The first-order valence-electron chi connectivity index (χ1n) is 8.27. The Bertz CT molecular complexity index is 923. The van der Waals surface area contributed by atoms with Crippen molar-refractivity contribution in [2.75, 3.05) is 13.1 Å². The molecule has 24 heavy (non-hydrogen) atoms. The number of nitrogens with one attached hydrogen (secondary N) is 1. The number of benzene rings is 1. The van der Waals surface area contributed by atoms with E-state index in [1.54, 1.807) is 0 Å². The van der Waals surface area contributed by atoms with Gasteiger partial charge in [-0.2, -0.15) is 0 Å². The summed E-state index contributed by atoms with van der Waals surface area (Å²) in [5.74, 6) is 2.33. The number of hydrogen-bond donors (Lipinski definition) is 1. The lowest BCUT2D eigenvalue weighted by atomic mass is 10.1. The number of fused-ring (bicyclic) bond motifs is 1. The summed E-state index contributed by atoms with van der Waals surface area (Å²) in [7, 11) is 2.02. The molecule has 1 aliphatic rings. The molecule has 0 radical (unpaired) electrons. The van der Waals surface area contributed by atoms with Gasteiger partial charge in [-0.1, -0.05) is 0 Å². The topological polar surface area (TPSA) is 66.8 Å². The van der Waals surface area contributed by atoms with Crippen molar-refractivity contribution in [1.29, 1.82) is 0 Å². The highest BCUT2D eigenvalue weighted by Crippen LogP contribution is 2.27. The molecular weight excluding hydrogens is 302 g/mol. The van der Waals surface area contributed by atoms with Gasteiger partial charge >= 0.3 is 0 Å². The number of aryl methyl sites for hydroxylation is 3. The Kier molecular flexibility index (Phi) is 3.40.